The van der Waals surface area contributed by atoms with E-state index in [0.29, 0.717) is 36.8 Å². The van der Waals surface area contributed by atoms with Crippen molar-refractivity contribution in [1.29, 1.82) is 0 Å². The van der Waals surface area contributed by atoms with Gasteiger partial charge in [0.15, 0.2) is 0 Å². The number of methoxy groups -OCH3 is 1. The number of rotatable bonds is 8. The predicted molar refractivity (Wildman–Crippen MR) is 145 cm³/mol. The average molecular weight is 555 g/mol. The van der Waals surface area contributed by atoms with Gasteiger partial charge in [-0.1, -0.05) is 18.2 Å². The van der Waals surface area contributed by atoms with Crippen LogP contribution in [-0.2, 0) is 20.9 Å². The number of amides is 2. The van der Waals surface area contributed by atoms with Gasteiger partial charge in [-0.05, 0) is 67.7 Å². The number of hydrogen-bond acceptors (Lipinski definition) is 7. The van der Waals surface area contributed by atoms with E-state index in [4.69, 9.17) is 14.9 Å². The van der Waals surface area contributed by atoms with Crippen molar-refractivity contribution in [3.05, 3.63) is 77.6 Å². The zero-order valence-electron chi connectivity index (χ0n) is 22.0. The summed E-state index contributed by atoms with van der Waals surface area (Å²) in [7, 11) is 1.28. The highest BCUT2D eigenvalue weighted by molar-refractivity contribution is 5.98. The Morgan fingerprint density at radius 1 is 1.05 bits per heavy atom. The first-order chi connectivity index (χ1) is 19.2. The maximum Gasteiger partial charge on any atom is 0.434 e. The fourth-order valence-electron chi connectivity index (χ4n) is 4.39. The van der Waals surface area contributed by atoms with Crippen molar-refractivity contribution in [3.8, 4) is 0 Å². The highest BCUT2D eigenvalue weighted by Crippen LogP contribution is 2.26. The van der Waals surface area contributed by atoms with Crippen molar-refractivity contribution in [2.24, 2.45) is 11.0 Å². The number of carbonyl (C=O) groups is 4. The lowest BCUT2D eigenvalue weighted by atomic mass is 9.96. The van der Waals surface area contributed by atoms with E-state index in [0.717, 1.165) is 48.6 Å². The lowest BCUT2D eigenvalue weighted by Crippen LogP contribution is -2.39. The topological polar surface area (TPSA) is 140 Å². The molecule has 0 spiro atoms. The van der Waals surface area contributed by atoms with Crippen LogP contribution in [0.3, 0.4) is 0 Å². The number of likely N-dealkylation sites (tertiary alicyclic amines) is 1. The lowest BCUT2D eigenvalue weighted by molar-refractivity contribution is -0.134. The largest absolute Gasteiger partial charge is 0.478 e. The van der Waals surface area contributed by atoms with Gasteiger partial charge in [0, 0.05) is 43.6 Å². The Balaban J connectivity index is 0.000000482. The molecule has 2 N–H and O–H groups in total. The van der Waals surface area contributed by atoms with Crippen LogP contribution in [0.15, 0.2) is 65.8 Å². The van der Waals surface area contributed by atoms with E-state index in [2.05, 4.69) is 10.0 Å². The number of carboxylic acid groups (broad SMARTS) is 2. The number of ether oxygens (including phenoxy) is 1. The molecule has 0 bridgehead atoms. The number of carboxylic acids is 2. The maximum atomic E-state index is 13.2. The van der Waals surface area contributed by atoms with Gasteiger partial charge in [0.2, 0.25) is 0 Å². The molecule has 0 aromatic heterocycles. The monoisotopic (exact) mass is 554 g/mol. The number of piperidine rings is 1. The molecular formula is C28H31FN4O7. The number of hydrogen-bond donors (Lipinski definition) is 2. The molecule has 0 atom stereocenters. The Bertz CT molecular complexity index is 1240. The minimum Gasteiger partial charge on any atom is -0.478 e. The number of anilines is 1. The number of fused-ring (bicyclic) bond motifs is 1. The van der Waals surface area contributed by atoms with Crippen LogP contribution in [0.1, 0.15) is 28.8 Å². The standard InChI is InChI=1S/C24H27FN4O3.C4H4O4/c1-32-24(31)29(21-8-6-20(25)7-9-21)26-12-15-27-13-10-18(11-14-27)16-28-17-19-4-2-3-5-22(19)23(28)30;5-3(6)1-2-4(7)8/h2-9,12,18H,10-11,13-17H2,1H3;1-2H,(H,5,6)(H,7,8)/b26-12-;2-1+. The molecule has 2 aromatic carbocycles. The third-order valence-corrected chi connectivity index (χ3v) is 6.41. The Hall–Kier alpha value is -4.58. The zero-order chi connectivity index (χ0) is 29.1. The first kappa shape index (κ1) is 30.0. The molecule has 212 valence electrons. The normalized spacial score (nSPS) is 15.6. The van der Waals surface area contributed by atoms with E-state index in [9.17, 15) is 23.6 Å². The second-order valence-electron chi connectivity index (χ2n) is 9.15. The summed E-state index contributed by atoms with van der Waals surface area (Å²) in [5, 5.41) is 21.0. The number of aliphatic carboxylic acids is 2. The molecule has 12 heteroatoms. The van der Waals surface area contributed by atoms with E-state index in [1.165, 1.54) is 31.4 Å². The molecule has 2 amide bonds. The van der Waals surface area contributed by atoms with Crippen molar-refractivity contribution in [1.82, 2.24) is 9.80 Å². The van der Waals surface area contributed by atoms with Crippen molar-refractivity contribution in [2.45, 2.75) is 19.4 Å². The molecule has 0 saturated carbocycles. The molecule has 11 nitrogen and oxygen atoms in total. The van der Waals surface area contributed by atoms with Crippen molar-refractivity contribution in [2.75, 3.05) is 38.3 Å². The third kappa shape index (κ3) is 8.73. The molecule has 2 aromatic rings. The van der Waals surface area contributed by atoms with Gasteiger partial charge in [-0.2, -0.15) is 10.1 Å². The van der Waals surface area contributed by atoms with Gasteiger partial charge in [-0.3, -0.25) is 9.69 Å². The molecule has 40 heavy (non-hydrogen) atoms. The summed E-state index contributed by atoms with van der Waals surface area (Å²) in [5.41, 5.74) is 2.38. The third-order valence-electron chi connectivity index (χ3n) is 6.41. The molecular weight excluding hydrogens is 523 g/mol. The Morgan fingerprint density at radius 2 is 1.68 bits per heavy atom. The van der Waals surface area contributed by atoms with Crippen LogP contribution >= 0.6 is 0 Å². The van der Waals surface area contributed by atoms with Crippen molar-refractivity contribution in [3.63, 3.8) is 0 Å². The second kappa shape index (κ2) is 14.5. The molecule has 0 radical (unpaired) electrons. The molecule has 0 unspecified atom stereocenters. The summed E-state index contributed by atoms with van der Waals surface area (Å²) in [5.74, 6) is -2.28. The summed E-state index contributed by atoms with van der Waals surface area (Å²) in [6.45, 7) is 3.89. The highest BCUT2D eigenvalue weighted by Gasteiger charge is 2.30. The SMILES string of the molecule is COC(=O)N(/N=C\CN1CCC(CN2Cc3ccccc3C2=O)CC1)c1ccc(F)cc1.O=C(O)/C=C/C(=O)O. The first-order valence-electron chi connectivity index (χ1n) is 12.6. The second-order valence-corrected chi connectivity index (χ2v) is 9.15. The van der Waals surface area contributed by atoms with Gasteiger partial charge in [-0.15, -0.1) is 0 Å². The van der Waals surface area contributed by atoms with E-state index >= 15 is 0 Å². The molecule has 4 rings (SSSR count). The van der Waals surface area contributed by atoms with Crippen molar-refractivity contribution < 1.29 is 38.5 Å². The molecule has 0 aliphatic carbocycles. The molecule has 2 aliphatic heterocycles. The molecule has 1 fully saturated rings. The van der Waals surface area contributed by atoms with Gasteiger partial charge >= 0.3 is 18.0 Å². The van der Waals surface area contributed by atoms with Crippen LogP contribution in [0.5, 0.6) is 0 Å². The van der Waals surface area contributed by atoms with Gasteiger partial charge in [0.1, 0.15) is 5.82 Å². The van der Waals surface area contributed by atoms with Gasteiger partial charge < -0.3 is 19.8 Å². The van der Waals surface area contributed by atoms with E-state index in [1.807, 2.05) is 29.2 Å². The van der Waals surface area contributed by atoms with E-state index < -0.39 is 18.0 Å². The number of carbonyl (C=O) groups excluding carboxylic acids is 2. The quantitative estimate of drug-likeness (QED) is 0.287. The van der Waals surface area contributed by atoms with Crippen LogP contribution in [0.4, 0.5) is 14.9 Å². The zero-order valence-corrected chi connectivity index (χ0v) is 22.0. The predicted octanol–water partition coefficient (Wildman–Crippen LogP) is 3.46. The maximum absolute atomic E-state index is 13.2. The van der Waals surface area contributed by atoms with Crippen molar-refractivity contribution >= 4 is 35.8 Å². The van der Waals surface area contributed by atoms with Gasteiger partial charge in [0.25, 0.3) is 5.91 Å². The Morgan fingerprint density at radius 3 is 2.25 bits per heavy atom. The average Bonchev–Trinajstić information content (AvgIpc) is 3.26. The summed E-state index contributed by atoms with van der Waals surface area (Å²) >= 11 is 0. The van der Waals surface area contributed by atoms with Gasteiger partial charge in [-0.25, -0.2) is 18.8 Å². The van der Waals surface area contributed by atoms with Crippen LogP contribution < -0.4 is 5.01 Å². The summed E-state index contributed by atoms with van der Waals surface area (Å²) in [4.78, 5) is 48.0. The minimum absolute atomic E-state index is 0.138. The minimum atomic E-state index is -1.26. The number of benzene rings is 2. The summed E-state index contributed by atoms with van der Waals surface area (Å²) < 4.78 is 18.0. The van der Waals surface area contributed by atoms with Crippen LogP contribution in [0.25, 0.3) is 0 Å². The fourth-order valence-corrected chi connectivity index (χ4v) is 4.39. The summed E-state index contributed by atoms with van der Waals surface area (Å²) in [6, 6.07) is 13.3. The van der Waals surface area contributed by atoms with Crippen LogP contribution in [0.2, 0.25) is 0 Å². The van der Waals surface area contributed by atoms with Crippen LogP contribution in [-0.4, -0.2) is 83.5 Å². The Kier molecular flexibility index (Phi) is 10.9. The Labute approximate surface area is 230 Å². The van der Waals surface area contributed by atoms with E-state index in [-0.39, 0.29) is 11.7 Å². The number of nitrogens with zero attached hydrogens (tertiary/aromatic N) is 4. The molecule has 1 saturated heterocycles. The van der Waals surface area contributed by atoms with Crippen LogP contribution in [0, 0.1) is 11.7 Å². The molecule has 2 aliphatic rings. The number of hydrazone groups is 1. The number of halogens is 1. The fraction of sp³-hybridized carbons (Fsp3) is 0.321. The lowest BCUT2D eigenvalue weighted by Gasteiger charge is -2.33. The first-order valence-corrected chi connectivity index (χ1v) is 12.6. The van der Waals surface area contributed by atoms with Gasteiger partial charge in [0.05, 0.1) is 12.8 Å². The molecule has 2 heterocycles. The smallest absolute Gasteiger partial charge is 0.434 e. The summed E-state index contributed by atoms with van der Waals surface area (Å²) in [6.07, 6.45) is 4.16. The highest BCUT2D eigenvalue weighted by atomic mass is 19.1. The van der Waals surface area contributed by atoms with E-state index in [1.54, 1.807) is 6.21 Å².